The molecular weight excluding hydrogens is 244 g/mol. The van der Waals surface area contributed by atoms with Crippen molar-refractivity contribution in [2.45, 2.75) is 25.7 Å². The SMILES string of the molecule is O=CSC(=O)CSC(=O)C1=C2CCC(C2)C1. The maximum Gasteiger partial charge on any atom is 0.215 e. The van der Waals surface area contributed by atoms with Crippen molar-refractivity contribution in [1.29, 1.82) is 0 Å². The molecular formula is C11H12O3S2. The summed E-state index contributed by atoms with van der Waals surface area (Å²) in [5.74, 6) is 0.776. The van der Waals surface area contributed by atoms with Crippen LogP contribution in [0.25, 0.3) is 0 Å². The topological polar surface area (TPSA) is 51.2 Å². The average molecular weight is 256 g/mol. The quantitative estimate of drug-likeness (QED) is 0.722. The number of carbonyl (C=O) groups excluding carboxylic acids is 3. The van der Waals surface area contributed by atoms with Crippen molar-refractivity contribution in [3.8, 4) is 0 Å². The molecule has 0 spiro atoms. The van der Waals surface area contributed by atoms with Gasteiger partial charge in [-0.05, 0) is 43.4 Å². The van der Waals surface area contributed by atoms with E-state index < -0.39 is 0 Å². The summed E-state index contributed by atoms with van der Waals surface area (Å²) in [4.78, 5) is 32.9. The molecule has 3 nitrogen and oxygen atoms in total. The Morgan fingerprint density at radius 2 is 2.19 bits per heavy atom. The van der Waals surface area contributed by atoms with E-state index in [1.54, 1.807) is 0 Å². The number of carbonyl (C=O) groups is 3. The lowest BCUT2D eigenvalue weighted by atomic mass is 10.0. The molecule has 0 amide bonds. The van der Waals surface area contributed by atoms with Crippen molar-refractivity contribution in [1.82, 2.24) is 0 Å². The first-order valence-electron chi connectivity index (χ1n) is 5.22. The molecule has 86 valence electrons. The normalized spacial score (nSPS) is 22.6. The minimum absolute atomic E-state index is 0.0389. The Morgan fingerprint density at radius 1 is 1.38 bits per heavy atom. The Balaban J connectivity index is 1.85. The monoisotopic (exact) mass is 256 g/mol. The summed E-state index contributed by atoms with van der Waals surface area (Å²) in [6, 6.07) is 0. The van der Waals surface area contributed by atoms with Crippen LogP contribution in [-0.4, -0.2) is 21.6 Å². The summed E-state index contributed by atoms with van der Waals surface area (Å²) in [7, 11) is 0. The van der Waals surface area contributed by atoms with Gasteiger partial charge in [0.25, 0.3) is 0 Å². The molecule has 2 aliphatic carbocycles. The number of allylic oxidation sites excluding steroid dienone is 1. The van der Waals surface area contributed by atoms with E-state index in [2.05, 4.69) is 0 Å². The predicted octanol–water partition coefficient (Wildman–Crippen LogP) is 2.20. The van der Waals surface area contributed by atoms with Gasteiger partial charge in [0, 0.05) is 5.57 Å². The zero-order valence-electron chi connectivity index (χ0n) is 8.73. The Bertz CT molecular complexity index is 373. The molecule has 0 radical (unpaired) electrons. The second kappa shape index (κ2) is 5.19. The highest BCUT2D eigenvalue weighted by Gasteiger charge is 2.33. The lowest BCUT2D eigenvalue weighted by molar-refractivity contribution is -0.110. The van der Waals surface area contributed by atoms with Crippen molar-refractivity contribution in [3.63, 3.8) is 0 Å². The van der Waals surface area contributed by atoms with Gasteiger partial charge < -0.3 is 0 Å². The zero-order chi connectivity index (χ0) is 11.5. The van der Waals surface area contributed by atoms with Crippen LogP contribution in [0, 0.1) is 5.92 Å². The Hall–Kier alpha value is -0.550. The summed E-state index contributed by atoms with van der Waals surface area (Å²) in [5, 5.41) is -0.209. The maximum atomic E-state index is 11.8. The summed E-state index contributed by atoms with van der Waals surface area (Å²) >= 11 is 1.66. The van der Waals surface area contributed by atoms with Crippen molar-refractivity contribution < 1.29 is 14.4 Å². The van der Waals surface area contributed by atoms with Crippen LogP contribution in [0.4, 0.5) is 0 Å². The van der Waals surface area contributed by atoms with Gasteiger partial charge in [0.2, 0.25) is 10.2 Å². The van der Waals surface area contributed by atoms with Crippen LogP contribution in [0.15, 0.2) is 11.1 Å². The van der Waals surface area contributed by atoms with E-state index >= 15 is 0 Å². The van der Waals surface area contributed by atoms with E-state index in [0.29, 0.717) is 23.3 Å². The summed E-state index contributed by atoms with van der Waals surface area (Å²) in [6.07, 6.45) is 4.26. The molecule has 1 fully saturated rings. The first-order valence-corrected chi connectivity index (χ1v) is 7.08. The third kappa shape index (κ3) is 2.58. The van der Waals surface area contributed by atoms with Gasteiger partial charge >= 0.3 is 0 Å². The van der Waals surface area contributed by atoms with Gasteiger partial charge in [-0.2, -0.15) is 0 Å². The fraction of sp³-hybridized carbons (Fsp3) is 0.545. The van der Waals surface area contributed by atoms with Crippen molar-refractivity contribution in [2.24, 2.45) is 5.92 Å². The van der Waals surface area contributed by atoms with Gasteiger partial charge in [0.1, 0.15) is 0 Å². The van der Waals surface area contributed by atoms with E-state index in [-0.39, 0.29) is 16.0 Å². The van der Waals surface area contributed by atoms with Crippen LogP contribution in [0.1, 0.15) is 25.7 Å². The van der Waals surface area contributed by atoms with E-state index in [1.807, 2.05) is 0 Å². The number of rotatable bonds is 4. The molecule has 5 heteroatoms. The zero-order valence-corrected chi connectivity index (χ0v) is 10.4. The van der Waals surface area contributed by atoms with Crippen LogP contribution in [0.2, 0.25) is 0 Å². The van der Waals surface area contributed by atoms with E-state index in [4.69, 9.17) is 0 Å². The minimum atomic E-state index is -0.248. The summed E-state index contributed by atoms with van der Waals surface area (Å²) < 4.78 is 0. The van der Waals surface area contributed by atoms with Gasteiger partial charge in [-0.15, -0.1) is 0 Å². The highest BCUT2D eigenvalue weighted by Crippen LogP contribution is 2.45. The fourth-order valence-corrected chi connectivity index (χ4v) is 3.55. The highest BCUT2D eigenvalue weighted by molar-refractivity contribution is 8.26. The molecule has 1 unspecified atom stereocenters. The Kier molecular flexibility index (Phi) is 3.86. The highest BCUT2D eigenvalue weighted by atomic mass is 32.2. The van der Waals surface area contributed by atoms with Crippen LogP contribution in [0.5, 0.6) is 0 Å². The van der Waals surface area contributed by atoms with Gasteiger partial charge in [-0.25, -0.2) is 0 Å². The van der Waals surface area contributed by atoms with Crippen molar-refractivity contribution in [3.05, 3.63) is 11.1 Å². The maximum absolute atomic E-state index is 11.8. The molecule has 1 atom stereocenters. The molecule has 0 aromatic heterocycles. The molecule has 0 saturated heterocycles. The molecule has 0 N–H and O–H groups in total. The summed E-state index contributed by atoms with van der Waals surface area (Å²) in [6.45, 7) is 0. The van der Waals surface area contributed by atoms with E-state index in [1.165, 1.54) is 12.0 Å². The lowest BCUT2D eigenvalue weighted by Gasteiger charge is -2.09. The third-order valence-corrected chi connectivity index (χ3v) is 4.66. The standard InChI is InChI=1S/C11H12O3S2/c12-6-16-10(13)5-15-11(14)9-4-7-1-2-8(9)3-7/h6-7H,1-5H2. The van der Waals surface area contributed by atoms with Crippen LogP contribution in [0.3, 0.4) is 0 Å². The molecule has 2 rings (SSSR count). The number of hydrogen-bond acceptors (Lipinski definition) is 5. The fourth-order valence-electron chi connectivity index (χ4n) is 2.34. The molecule has 0 aliphatic heterocycles. The van der Waals surface area contributed by atoms with Crippen LogP contribution < -0.4 is 0 Å². The summed E-state index contributed by atoms with van der Waals surface area (Å²) in [5.41, 5.74) is 2.76. The second-order valence-corrected chi connectivity index (χ2v) is 5.89. The lowest BCUT2D eigenvalue weighted by Crippen LogP contribution is -2.06. The van der Waals surface area contributed by atoms with Gasteiger partial charge in [0.05, 0.1) is 5.75 Å². The Labute approximate surface area is 102 Å². The van der Waals surface area contributed by atoms with E-state index in [9.17, 15) is 14.4 Å². The van der Waals surface area contributed by atoms with Crippen LogP contribution in [-0.2, 0) is 14.4 Å². The van der Waals surface area contributed by atoms with Crippen molar-refractivity contribution in [2.75, 3.05) is 5.75 Å². The average Bonchev–Trinajstić information content (AvgIpc) is 2.88. The third-order valence-electron chi connectivity index (χ3n) is 3.06. The second-order valence-electron chi connectivity index (χ2n) is 4.06. The first-order chi connectivity index (χ1) is 7.70. The number of thioether (sulfide) groups is 2. The first kappa shape index (κ1) is 11.9. The number of hydrogen-bond donors (Lipinski definition) is 0. The van der Waals surface area contributed by atoms with E-state index in [0.717, 1.165) is 36.6 Å². The predicted molar refractivity (Wildman–Crippen MR) is 65.8 cm³/mol. The molecule has 0 heterocycles. The largest absolute Gasteiger partial charge is 0.290 e. The molecule has 0 aromatic rings. The van der Waals surface area contributed by atoms with Gasteiger partial charge in [-0.3, -0.25) is 14.4 Å². The number of fused-ring (bicyclic) bond motifs is 2. The van der Waals surface area contributed by atoms with Gasteiger partial charge in [0.15, 0.2) is 5.62 Å². The molecule has 16 heavy (non-hydrogen) atoms. The smallest absolute Gasteiger partial charge is 0.215 e. The molecule has 0 aromatic carbocycles. The minimum Gasteiger partial charge on any atom is -0.290 e. The van der Waals surface area contributed by atoms with Crippen molar-refractivity contribution >= 4 is 39.4 Å². The molecule has 2 aliphatic rings. The van der Waals surface area contributed by atoms with Gasteiger partial charge in [-0.1, -0.05) is 17.3 Å². The Morgan fingerprint density at radius 3 is 2.75 bits per heavy atom. The molecule has 2 bridgehead atoms. The van der Waals surface area contributed by atoms with Crippen LogP contribution >= 0.6 is 23.5 Å². The molecule has 1 saturated carbocycles.